The Morgan fingerprint density at radius 2 is 1.57 bits per heavy atom. The van der Waals surface area contributed by atoms with Gasteiger partial charge in [0, 0.05) is 13.2 Å². The summed E-state index contributed by atoms with van der Waals surface area (Å²) >= 11 is 0. The minimum atomic E-state index is -0.335. The molecule has 1 rings (SSSR count). The van der Waals surface area contributed by atoms with Crippen molar-refractivity contribution in [3.63, 3.8) is 0 Å². The molecule has 0 aliphatic carbocycles. The van der Waals surface area contributed by atoms with Gasteiger partial charge in [-0.15, -0.1) is 0 Å². The van der Waals surface area contributed by atoms with Gasteiger partial charge in [-0.3, -0.25) is 0 Å². The summed E-state index contributed by atoms with van der Waals surface area (Å²) in [4.78, 5) is 0. The lowest BCUT2D eigenvalue weighted by molar-refractivity contribution is -0.155. The van der Waals surface area contributed by atoms with Crippen molar-refractivity contribution >= 4 is 0 Å². The standard InChI is InChI=1S/C16H27NO4/c1-6-17-15(16(20-7-2)21-8-3)12-9-10-13(18-4)14(11-12)19-5/h9-11,15-17H,6-8H2,1-5H3. The minimum absolute atomic E-state index is 0.0605. The maximum absolute atomic E-state index is 5.72. The Labute approximate surface area is 127 Å². The first-order valence-electron chi connectivity index (χ1n) is 7.40. The Hall–Kier alpha value is -1.30. The molecule has 0 aliphatic heterocycles. The van der Waals surface area contributed by atoms with Gasteiger partial charge in [-0.1, -0.05) is 13.0 Å². The van der Waals surface area contributed by atoms with Crippen LogP contribution in [-0.4, -0.2) is 40.3 Å². The third kappa shape index (κ3) is 4.88. The molecule has 0 spiro atoms. The molecule has 120 valence electrons. The molecule has 0 aromatic heterocycles. The molecule has 1 atom stereocenters. The second kappa shape index (κ2) is 9.60. The summed E-state index contributed by atoms with van der Waals surface area (Å²) in [5, 5.41) is 3.41. The topological polar surface area (TPSA) is 49.0 Å². The summed E-state index contributed by atoms with van der Waals surface area (Å²) in [5.74, 6) is 1.41. The number of hydrogen-bond donors (Lipinski definition) is 1. The van der Waals surface area contributed by atoms with Crippen molar-refractivity contribution in [1.29, 1.82) is 0 Å². The van der Waals surface area contributed by atoms with E-state index in [1.54, 1.807) is 14.2 Å². The van der Waals surface area contributed by atoms with E-state index in [0.29, 0.717) is 24.7 Å². The van der Waals surface area contributed by atoms with E-state index in [9.17, 15) is 0 Å². The summed E-state index contributed by atoms with van der Waals surface area (Å²) < 4.78 is 22.1. The Bertz CT molecular complexity index is 405. The highest BCUT2D eigenvalue weighted by atomic mass is 16.7. The van der Waals surface area contributed by atoms with Crippen LogP contribution in [0.5, 0.6) is 11.5 Å². The molecule has 0 amide bonds. The quantitative estimate of drug-likeness (QED) is 0.673. The van der Waals surface area contributed by atoms with Crippen LogP contribution in [0.4, 0.5) is 0 Å². The minimum Gasteiger partial charge on any atom is -0.493 e. The number of methoxy groups -OCH3 is 2. The monoisotopic (exact) mass is 297 g/mol. The molecule has 1 aromatic carbocycles. The fraction of sp³-hybridized carbons (Fsp3) is 0.625. The predicted octanol–water partition coefficient (Wildman–Crippen LogP) is 2.75. The highest BCUT2D eigenvalue weighted by molar-refractivity contribution is 5.44. The van der Waals surface area contributed by atoms with Crippen molar-refractivity contribution in [2.24, 2.45) is 0 Å². The van der Waals surface area contributed by atoms with E-state index in [1.165, 1.54) is 0 Å². The highest BCUT2D eigenvalue weighted by Gasteiger charge is 2.24. The van der Waals surface area contributed by atoms with E-state index in [-0.39, 0.29) is 12.3 Å². The van der Waals surface area contributed by atoms with Crippen LogP contribution in [0.3, 0.4) is 0 Å². The van der Waals surface area contributed by atoms with Crippen LogP contribution in [-0.2, 0) is 9.47 Å². The van der Waals surface area contributed by atoms with E-state index < -0.39 is 0 Å². The molecular formula is C16H27NO4. The maximum atomic E-state index is 5.72. The smallest absolute Gasteiger partial charge is 0.176 e. The molecule has 0 fully saturated rings. The van der Waals surface area contributed by atoms with E-state index in [4.69, 9.17) is 18.9 Å². The lowest BCUT2D eigenvalue weighted by atomic mass is 10.1. The second-order valence-electron chi connectivity index (χ2n) is 4.43. The van der Waals surface area contributed by atoms with E-state index >= 15 is 0 Å². The zero-order valence-electron chi connectivity index (χ0n) is 13.6. The number of likely N-dealkylation sites (N-methyl/N-ethyl adjacent to an activating group) is 1. The Balaban J connectivity index is 3.07. The first-order chi connectivity index (χ1) is 10.2. The summed E-state index contributed by atoms with van der Waals surface area (Å²) in [5.41, 5.74) is 1.04. The average Bonchev–Trinajstić information content (AvgIpc) is 2.52. The predicted molar refractivity (Wildman–Crippen MR) is 83.0 cm³/mol. The number of benzene rings is 1. The van der Waals surface area contributed by atoms with Gasteiger partial charge in [-0.25, -0.2) is 0 Å². The van der Waals surface area contributed by atoms with Crippen molar-refractivity contribution in [1.82, 2.24) is 5.32 Å². The van der Waals surface area contributed by atoms with Crippen molar-refractivity contribution in [2.45, 2.75) is 33.1 Å². The fourth-order valence-corrected chi connectivity index (χ4v) is 2.21. The third-order valence-corrected chi connectivity index (χ3v) is 3.12. The van der Waals surface area contributed by atoms with Crippen LogP contribution >= 0.6 is 0 Å². The number of rotatable bonds is 10. The van der Waals surface area contributed by atoms with Gasteiger partial charge >= 0.3 is 0 Å². The SMILES string of the molecule is CCNC(c1ccc(OC)c(OC)c1)C(OCC)OCC. The van der Waals surface area contributed by atoms with Gasteiger partial charge in [-0.2, -0.15) is 0 Å². The van der Waals surface area contributed by atoms with Crippen molar-refractivity contribution in [3.05, 3.63) is 23.8 Å². The molecule has 0 bridgehead atoms. The number of hydrogen-bond acceptors (Lipinski definition) is 5. The first kappa shape index (κ1) is 17.8. The van der Waals surface area contributed by atoms with Gasteiger partial charge in [0.1, 0.15) is 0 Å². The molecule has 0 heterocycles. The molecular weight excluding hydrogens is 270 g/mol. The van der Waals surface area contributed by atoms with E-state index in [0.717, 1.165) is 12.1 Å². The van der Waals surface area contributed by atoms with Gasteiger partial charge < -0.3 is 24.3 Å². The normalized spacial score (nSPS) is 12.5. The number of nitrogens with one attached hydrogen (secondary N) is 1. The van der Waals surface area contributed by atoms with Gasteiger partial charge in [-0.05, 0) is 38.1 Å². The van der Waals surface area contributed by atoms with E-state index in [2.05, 4.69) is 12.2 Å². The van der Waals surface area contributed by atoms with Crippen LogP contribution in [0.15, 0.2) is 18.2 Å². The van der Waals surface area contributed by atoms with Crippen LogP contribution in [0, 0.1) is 0 Å². The molecule has 5 nitrogen and oxygen atoms in total. The van der Waals surface area contributed by atoms with Crippen LogP contribution in [0.2, 0.25) is 0 Å². The van der Waals surface area contributed by atoms with Gasteiger partial charge in [0.2, 0.25) is 0 Å². The zero-order chi connectivity index (χ0) is 15.7. The zero-order valence-corrected chi connectivity index (χ0v) is 13.6. The van der Waals surface area contributed by atoms with Gasteiger partial charge in [0.05, 0.1) is 20.3 Å². The average molecular weight is 297 g/mol. The molecule has 0 radical (unpaired) electrons. The lowest BCUT2D eigenvalue weighted by Gasteiger charge is -2.28. The first-order valence-corrected chi connectivity index (χ1v) is 7.40. The maximum Gasteiger partial charge on any atom is 0.176 e. The van der Waals surface area contributed by atoms with Crippen LogP contribution in [0.25, 0.3) is 0 Å². The lowest BCUT2D eigenvalue weighted by Crippen LogP contribution is -2.36. The molecule has 0 aliphatic rings. The second-order valence-corrected chi connectivity index (χ2v) is 4.43. The number of ether oxygens (including phenoxy) is 4. The summed E-state index contributed by atoms with van der Waals surface area (Å²) in [6, 6.07) is 5.79. The third-order valence-electron chi connectivity index (χ3n) is 3.12. The van der Waals surface area contributed by atoms with Crippen LogP contribution < -0.4 is 14.8 Å². The van der Waals surface area contributed by atoms with Crippen molar-refractivity contribution < 1.29 is 18.9 Å². The summed E-state index contributed by atoms with van der Waals surface area (Å²) in [6.45, 7) is 7.99. The van der Waals surface area contributed by atoms with Crippen molar-refractivity contribution in [2.75, 3.05) is 34.0 Å². The molecule has 1 N–H and O–H groups in total. The van der Waals surface area contributed by atoms with Crippen molar-refractivity contribution in [3.8, 4) is 11.5 Å². The molecule has 5 heteroatoms. The Kier molecular flexibility index (Phi) is 8.12. The molecule has 1 aromatic rings. The van der Waals surface area contributed by atoms with Crippen LogP contribution in [0.1, 0.15) is 32.4 Å². The Morgan fingerprint density at radius 3 is 2.05 bits per heavy atom. The highest BCUT2D eigenvalue weighted by Crippen LogP contribution is 2.31. The molecule has 1 unspecified atom stereocenters. The van der Waals surface area contributed by atoms with E-state index in [1.807, 2.05) is 32.0 Å². The Morgan fingerprint density at radius 1 is 0.952 bits per heavy atom. The molecule has 21 heavy (non-hydrogen) atoms. The summed E-state index contributed by atoms with van der Waals surface area (Å²) in [6.07, 6.45) is -0.335. The summed E-state index contributed by atoms with van der Waals surface area (Å²) in [7, 11) is 3.26. The van der Waals surface area contributed by atoms with Gasteiger partial charge in [0.25, 0.3) is 0 Å². The molecule has 0 saturated carbocycles. The molecule has 0 saturated heterocycles. The van der Waals surface area contributed by atoms with Gasteiger partial charge in [0.15, 0.2) is 17.8 Å². The largest absolute Gasteiger partial charge is 0.493 e. The fourth-order valence-electron chi connectivity index (χ4n) is 2.21.